The van der Waals surface area contributed by atoms with Crippen LogP contribution < -0.4 is 0 Å². The molecule has 0 aromatic heterocycles. The van der Waals surface area contributed by atoms with Gasteiger partial charge in [0.2, 0.25) is 0 Å². The smallest absolute Gasteiger partial charge is 0.410 e. The zero-order valence-electron chi connectivity index (χ0n) is 12.6. The van der Waals surface area contributed by atoms with Gasteiger partial charge in [0, 0.05) is 13.1 Å². The van der Waals surface area contributed by atoms with Gasteiger partial charge in [-0.25, -0.2) is 4.79 Å². The van der Waals surface area contributed by atoms with Crippen LogP contribution in [0.2, 0.25) is 0 Å². The first-order valence-electron chi connectivity index (χ1n) is 7.44. The monoisotopic (exact) mass is 303 g/mol. The van der Waals surface area contributed by atoms with Gasteiger partial charge in [-0.05, 0) is 18.4 Å². The Hall–Kier alpha value is -2.30. The van der Waals surface area contributed by atoms with E-state index in [1.165, 1.54) is 6.08 Å². The van der Waals surface area contributed by atoms with E-state index in [4.69, 9.17) is 9.47 Å². The van der Waals surface area contributed by atoms with Gasteiger partial charge in [0.15, 0.2) is 0 Å². The zero-order chi connectivity index (χ0) is 15.8. The number of piperidine rings is 1. The SMILES string of the molecule is C=CCOC(=O)N1CCCC(C(=O)OCc2ccccc2)C1. The van der Waals surface area contributed by atoms with E-state index < -0.39 is 6.09 Å². The van der Waals surface area contributed by atoms with Crippen molar-refractivity contribution in [1.29, 1.82) is 0 Å². The molecule has 1 aliphatic heterocycles. The largest absolute Gasteiger partial charge is 0.461 e. The second kappa shape index (κ2) is 8.22. The quantitative estimate of drug-likeness (QED) is 0.620. The summed E-state index contributed by atoms with van der Waals surface area (Å²) in [6.45, 7) is 4.90. The van der Waals surface area contributed by atoms with Gasteiger partial charge in [-0.2, -0.15) is 0 Å². The van der Waals surface area contributed by atoms with Gasteiger partial charge in [0.1, 0.15) is 13.2 Å². The Morgan fingerprint density at radius 3 is 2.77 bits per heavy atom. The number of likely N-dealkylation sites (tertiary alicyclic amines) is 1. The molecule has 5 heteroatoms. The minimum atomic E-state index is -0.402. The summed E-state index contributed by atoms with van der Waals surface area (Å²) in [7, 11) is 0. The number of esters is 1. The number of nitrogens with zero attached hydrogens (tertiary/aromatic N) is 1. The van der Waals surface area contributed by atoms with E-state index in [1.807, 2.05) is 30.3 Å². The average Bonchev–Trinajstić information content (AvgIpc) is 2.58. The van der Waals surface area contributed by atoms with Gasteiger partial charge in [0.05, 0.1) is 5.92 Å². The molecule has 1 aromatic carbocycles. The predicted molar refractivity (Wildman–Crippen MR) is 82.1 cm³/mol. The molecule has 0 bridgehead atoms. The predicted octanol–water partition coefficient (Wildman–Crippen LogP) is 2.76. The lowest BCUT2D eigenvalue weighted by molar-refractivity contribution is -0.151. The molecular formula is C17H21NO4. The summed E-state index contributed by atoms with van der Waals surface area (Å²) in [5.74, 6) is -0.543. The van der Waals surface area contributed by atoms with Crippen molar-refractivity contribution >= 4 is 12.1 Å². The van der Waals surface area contributed by atoms with Crippen LogP contribution in [0, 0.1) is 5.92 Å². The van der Waals surface area contributed by atoms with Crippen molar-refractivity contribution in [3.63, 3.8) is 0 Å². The van der Waals surface area contributed by atoms with Crippen LogP contribution in [-0.2, 0) is 20.9 Å². The summed E-state index contributed by atoms with van der Waals surface area (Å²) in [5.41, 5.74) is 0.953. The molecule has 1 fully saturated rings. The van der Waals surface area contributed by atoms with Crippen LogP contribution in [0.1, 0.15) is 18.4 Å². The first-order valence-corrected chi connectivity index (χ1v) is 7.44. The number of benzene rings is 1. The summed E-state index contributed by atoms with van der Waals surface area (Å²) in [6.07, 6.45) is 2.63. The molecule has 0 spiro atoms. The molecule has 0 N–H and O–H groups in total. The van der Waals surface area contributed by atoms with Crippen LogP contribution in [0.3, 0.4) is 0 Å². The molecule has 1 saturated heterocycles. The molecule has 0 radical (unpaired) electrons. The zero-order valence-corrected chi connectivity index (χ0v) is 12.6. The second-order valence-corrected chi connectivity index (χ2v) is 5.24. The lowest BCUT2D eigenvalue weighted by atomic mass is 9.98. The number of ether oxygens (including phenoxy) is 2. The molecule has 1 aromatic rings. The maximum Gasteiger partial charge on any atom is 0.410 e. The fourth-order valence-corrected chi connectivity index (χ4v) is 2.40. The van der Waals surface area contributed by atoms with E-state index in [0.717, 1.165) is 18.4 Å². The van der Waals surface area contributed by atoms with Crippen molar-refractivity contribution in [3.05, 3.63) is 48.6 Å². The van der Waals surface area contributed by atoms with Gasteiger partial charge >= 0.3 is 12.1 Å². The highest BCUT2D eigenvalue weighted by Gasteiger charge is 2.30. The summed E-state index contributed by atoms with van der Waals surface area (Å²) in [6, 6.07) is 9.54. The Morgan fingerprint density at radius 2 is 2.05 bits per heavy atom. The van der Waals surface area contributed by atoms with Crippen LogP contribution in [0.5, 0.6) is 0 Å². The average molecular weight is 303 g/mol. The summed E-state index contributed by atoms with van der Waals surface area (Å²) in [4.78, 5) is 25.5. The number of carbonyl (C=O) groups excluding carboxylic acids is 2. The topological polar surface area (TPSA) is 55.8 Å². The molecule has 2 rings (SSSR count). The number of hydrogen-bond donors (Lipinski definition) is 0. The van der Waals surface area contributed by atoms with Crippen molar-refractivity contribution in [2.45, 2.75) is 19.4 Å². The van der Waals surface area contributed by atoms with Crippen molar-refractivity contribution in [3.8, 4) is 0 Å². The molecule has 1 heterocycles. The number of amides is 1. The van der Waals surface area contributed by atoms with Crippen LogP contribution in [0.25, 0.3) is 0 Å². The fourth-order valence-electron chi connectivity index (χ4n) is 2.40. The van der Waals surface area contributed by atoms with Crippen molar-refractivity contribution < 1.29 is 19.1 Å². The van der Waals surface area contributed by atoms with Gasteiger partial charge in [-0.3, -0.25) is 4.79 Å². The first-order chi connectivity index (χ1) is 10.7. The Morgan fingerprint density at radius 1 is 1.27 bits per heavy atom. The normalized spacial score (nSPS) is 17.6. The van der Waals surface area contributed by atoms with Gasteiger partial charge < -0.3 is 14.4 Å². The Labute approximate surface area is 130 Å². The maximum atomic E-state index is 12.1. The molecule has 1 atom stereocenters. The Bertz CT molecular complexity index is 515. The molecule has 22 heavy (non-hydrogen) atoms. The third-order valence-electron chi connectivity index (χ3n) is 3.56. The highest BCUT2D eigenvalue weighted by atomic mass is 16.6. The van der Waals surface area contributed by atoms with E-state index in [9.17, 15) is 9.59 Å². The fraction of sp³-hybridized carbons (Fsp3) is 0.412. The highest BCUT2D eigenvalue weighted by Crippen LogP contribution is 2.19. The van der Waals surface area contributed by atoms with E-state index >= 15 is 0 Å². The molecule has 1 amide bonds. The molecule has 0 saturated carbocycles. The molecule has 1 aliphatic rings. The third kappa shape index (κ3) is 4.62. The standard InChI is InChI=1S/C17H21NO4/c1-2-11-21-17(20)18-10-6-9-15(12-18)16(19)22-13-14-7-4-3-5-8-14/h2-5,7-8,15H,1,6,9-13H2. The van der Waals surface area contributed by atoms with Crippen molar-refractivity contribution in [2.75, 3.05) is 19.7 Å². The summed E-state index contributed by atoms with van der Waals surface area (Å²) < 4.78 is 10.3. The molecular weight excluding hydrogens is 282 g/mol. The van der Waals surface area contributed by atoms with Gasteiger partial charge in [-0.15, -0.1) is 0 Å². The van der Waals surface area contributed by atoms with Crippen LogP contribution >= 0.6 is 0 Å². The van der Waals surface area contributed by atoms with Crippen LogP contribution in [-0.4, -0.2) is 36.7 Å². The minimum Gasteiger partial charge on any atom is -0.461 e. The Balaban J connectivity index is 1.82. The van der Waals surface area contributed by atoms with Crippen LogP contribution in [0.4, 0.5) is 4.79 Å². The lowest BCUT2D eigenvalue weighted by Gasteiger charge is -2.30. The minimum absolute atomic E-state index is 0.179. The van der Waals surface area contributed by atoms with E-state index in [-0.39, 0.29) is 25.1 Å². The third-order valence-corrected chi connectivity index (χ3v) is 3.56. The first kappa shape index (κ1) is 16.1. The Kier molecular flexibility index (Phi) is 6.01. The summed E-state index contributed by atoms with van der Waals surface area (Å²) >= 11 is 0. The number of carbonyl (C=O) groups is 2. The van der Waals surface area contributed by atoms with Crippen molar-refractivity contribution in [2.24, 2.45) is 5.92 Å². The van der Waals surface area contributed by atoms with Gasteiger partial charge in [-0.1, -0.05) is 43.0 Å². The molecule has 5 nitrogen and oxygen atoms in total. The van der Waals surface area contributed by atoms with Crippen LogP contribution in [0.15, 0.2) is 43.0 Å². The molecule has 0 aliphatic carbocycles. The van der Waals surface area contributed by atoms with Gasteiger partial charge in [0.25, 0.3) is 0 Å². The van der Waals surface area contributed by atoms with E-state index in [1.54, 1.807) is 4.90 Å². The maximum absolute atomic E-state index is 12.1. The second-order valence-electron chi connectivity index (χ2n) is 5.24. The van der Waals surface area contributed by atoms with E-state index in [0.29, 0.717) is 13.1 Å². The van der Waals surface area contributed by atoms with Crippen molar-refractivity contribution in [1.82, 2.24) is 4.90 Å². The number of rotatable bonds is 5. The highest BCUT2D eigenvalue weighted by molar-refractivity contribution is 5.74. The number of hydrogen-bond acceptors (Lipinski definition) is 4. The lowest BCUT2D eigenvalue weighted by Crippen LogP contribution is -2.43. The molecule has 1 unspecified atom stereocenters. The summed E-state index contributed by atoms with van der Waals surface area (Å²) in [5, 5.41) is 0. The van der Waals surface area contributed by atoms with E-state index in [2.05, 4.69) is 6.58 Å². The molecule has 118 valence electrons.